The summed E-state index contributed by atoms with van der Waals surface area (Å²) in [5.74, 6) is 0.870. The van der Waals surface area contributed by atoms with Crippen LogP contribution in [0.5, 0.6) is 0 Å². The lowest BCUT2D eigenvalue weighted by atomic mass is 10.1. The number of benzene rings is 2. The van der Waals surface area contributed by atoms with Gasteiger partial charge in [-0.25, -0.2) is 0 Å². The fraction of sp³-hybridized carbons (Fsp3) is 0.409. The van der Waals surface area contributed by atoms with Gasteiger partial charge in [-0.3, -0.25) is 4.79 Å². The predicted octanol–water partition coefficient (Wildman–Crippen LogP) is 4.38. The molecular weight excluding hydrogens is 342 g/mol. The number of hydrogen-bond acceptors (Lipinski definition) is 3. The van der Waals surface area contributed by atoms with Gasteiger partial charge in [0.05, 0.1) is 17.4 Å². The maximum absolute atomic E-state index is 12.9. The summed E-state index contributed by atoms with van der Waals surface area (Å²) in [6.45, 7) is 6.58. The summed E-state index contributed by atoms with van der Waals surface area (Å²) >= 11 is 1.67. The molecule has 26 heavy (non-hydrogen) atoms. The van der Waals surface area contributed by atoms with Crippen molar-refractivity contribution in [2.45, 2.75) is 43.7 Å². The Kier molecular flexibility index (Phi) is 7.73. The van der Waals surface area contributed by atoms with Crippen molar-refractivity contribution in [1.29, 1.82) is 0 Å². The maximum Gasteiger partial charge on any atom is 0.235 e. The monoisotopic (exact) mass is 371 g/mol. The molecule has 1 N–H and O–H groups in total. The van der Waals surface area contributed by atoms with E-state index in [-0.39, 0.29) is 11.9 Å². The van der Waals surface area contributed by atoms with Crippen LogP contribution < -0.4 is 5.32 Å². The van der Waals surface area contributed by atoms with E-state index in [4.69, 9.17) is 4.74 Å². The zero-order chi connectivity index (χ0) is 19.0. The third kappa shape index (κ3) is 6.19. The number of amides is 1. The number of methoxy groups -OCH3 is 1. The first kappa shape index (κ1) is 20.5. The lowest BCUT2D eigenvalue weighted by Gasteiger charge is -2.27. The van der Waals surface area contributed by atoms with E-state index in [1.807, 2.05) is 44.2 Å². The molecule has 0 aromatic heterocycles. The van der Waals surface area contributed by atoms with Gasteiger partial charge in [-0.05, 0) is 43.9 Å². The zero-order valence-corrected chi connectivity index (χ0v) is 16.9. The molecule has 2 rings (SSSR count). The first-order valence-electron chi connectivity index (χ1n) is 8.94. The Bertz CT molecular complexity index is 700. The first-order valence-corrected chi connectivity index (χ1v) is 9.93. The Hall–Kier alpha value is -1.78. The van der Waals surface area contributed by atoms with Crippen molar-refractivity contribution >= 4 is 17.7 Å². The summed E-state index contributed by atoms with van der Waals surface area (Å²) in [6.07, 6.45) is 0.763. The SMILES string of the molecule is COC[C@H](Cc1ccccc1)NC(=O)C(C)(C)SCc1ccccc1C. The average Bonchev–Trinajstić information content (AvgIpc) is 2.62. The van der Waals surface area contributed by atoms with Crippen LogP contribution in [0.25, 0.3) is 0 Å². The van der Waals surface area contributed by atoms with Gasteiger partial charge in [0, 0.05) is 12.9 Å². The molecule has 0 unspecified atom stereocenters. The normalized spacial score (nSPS) is 12.6. The Morgan fingerprint density at radius 2 is 1.77 bits per heavy atom. The molecule has 4 heteroatoms. The van der Waals surface area contributed by atoms with Crippen molar-refractivity contribution in [3.8, 4) is 0 Å². The van der Waals surface area contributed by atoms with Crippen LogP contribution in [-0.4, -0.2) is 30.4 Å². The third-order valence-electron chi connectivity index (χ3n) is 4.42. The number of hydrogen-bond donors (Lipinski definition) is 1. The van der Waals surface area contributed by atoms with Gasteiger partial charge in [-0.2, -0.15) is 0 Å². The second kappa shape index (κ2) is 9.79. The maximum atomic E-state index is 12.9. The number of thioether (sulfide) groups is 1. The summed E-state index contributed by atoms with van der Waals surface area (Å²) in [5, 5.41) is 3.17. The highest BCUT2D eigenvalue weighted by Crippen LogP contribution is 2.29. The molecule has 1 amide bonds. The average molecular weight is 372 g/mol. The summed E-state index contributed by atoms with van der Waals surface area (Å²) in [7, 11) is 1.67. The summed E-state index contributed by atoms with van der Waals surface area (Å²) in [6, 6.07) is 18.5. The smallest absolute Gasteiger partial charge is 0.235 e. The van der Waals surface area contributed by atoms with Crippen LogP contribution in [0.1, 0.15) is 30.5 Å². The number of carbonyl (C=O) groups excluding carboxylic acids is 1. The highest BCUT2D eigenvalue weighted by molar-refractivity contribution is 8.00. The molecule has 0 spiro atoms. The van der Waals surface area contributed by atoms with E-state index in [1.54, 1.807) is 18.9 Å². The molecular formula is C22H29NO2S. The summed E-state index contributed by atoms with van der Waals surface area (Å²) < 4.78 is 4.80. The van der Waals surface area contributed by atoms with Gasteiger partial charge >= 0.3 is 0 Å². The van der Waals surface area contributed by atoms with E-state index in [2.05, 4.69) is 36.5 Å². The van der Waals surface area contributed by atoms with Gasteiger partial charge in [-0.15, -0.1) is 11.8 Å². The minimum Gasteiger partial charge on any atom is -0.383 e. The van der Waals surface area contributed by atoms with Gasteiger partial charge in [-0.1, -0.05) is 54.6 Å². The Morgan fingerprint density at radius 3 is 2.42 bits per heavy atom. The van der Waals surface area contributed by atoms with Crippen LogP contribution in [0.4, 0.5) is 0 Å². The second-order valence-corrected chi connectivity index (χ2v) is 8.64. The van der Waals surface area contributed by atoms with Gasteiger partial charge in [0.1, 0.15) is 0 Å². The highest BCUT2D eigenvalue weighted by atomic mass is 32.2. The molecule has 0 bridgehead atoms. The number of nitrogens with one attached hydrogen (secondary N) is 1. The molecule has 0 aliphatic carbocycles. The van der Waals surface area contributed by atoms with E-state index >= 15 is 0 Å². The molecule has 0 saturated heterocycles. The van der Waals surface area contributed by atoms with E-state index in [0.717, 1.165) is 12.2 Å². The Morgan fingerprint density at radius 1 is 1.12 bits per heavy atom. The molecule has 2 aromatic rings. The van der Waals surface area contributed by atoms with Crippen LogP contribution in [0.15, 0.2) is 54.6 Å². The lowest BCUT2D eigenvalue weighted by Crippen LogP contribution is -2.47. The number of aryl methyl sites for hydroxylation is 1. The van der Waals surface area contributed by atoms with Crippen LogP contribution in [0, 0.1) is 6.92 Å². The predicted molar refractivity (Wildman–Crippen MR) is 111 cm³/mol. The van der Waals surface area contributed by atoms with E-state index in [9.17, 15) is 4.79 Å². The zero-order valence-electron chi connectivity index (χ0n) is 16.1. The molecule has 0 saturated carbocycles. The molecule has 2 aromatic carbocycles. The van der Waals surface area contributed by atoms with Crippen molar-refractivity contribution < 1.29 is 9.53 Å². The fourth-order valence-corrected chi connectivity index (χ4v) is 3.74. The molecule has 0 heterocycles. The van der Waals surface area contributed by atoms with Crippen LogP contribution in [0.3, 0.4) is 0 Å². The van der Waals surface area contributed by atoms with Crippen molar-refractivity contribution in [3.63, 3.8) is 0 Å². The molecule has 3 nitrogen and oxygen atoms in total. The fourth-order valence-electron chi connectivity index (χ4n) is 2.71. The topological polar surface area (TPSA) is 38.3 Å². The summed E-state index contributed by atoms with van der Waals surface area (Å²) in [4.78, 5) is 12.9. The Balaban J connectivity index is 1.96. The van der Waals surface area contributed by atoms with Crippen LogP contribution in [-0.2, 0) is 21.7 Å². The lowest BCUT2D eigenvalue weighted by molar-refractivity contribution is -0.123. The van der Waals surface area contributed by atoms with E-state index < -0.39 is 4.75 Å². The molecule has 0 radical (unpaired) electrons. The van der Waals surface area contributed by atoms with Crippen molar-refractivity contribution in [2.24, 2.45) is 0 Å². The van der Waals surface area contributed by atoms with E-state index in [1.165, 1.54) is 16.7 Å². The first-order chi connectivity index (χ1) is 12.4. The minimum atomic E-state index is -0.509. The molecule has 1 atom stereocenters. The molecule has 0 fully saturated rings. The largest absolute Gasteiger partial charge is 0.383 e. The number of carbonyl (C=O) groups is 1. The van der Waals surface area contributed by atoms with Gasteiger partial charge in [0.2, 0.25) is 5.91 Å². The van der Waals surface area contributed by atoms with Crippen LogP contribution in [0.2, 0.25) is 0 Å². The quantitative estimate of drug-likeness (QED) is 0.711. The summed E-state index contributed by atoms with van der Waals surface area (Å²) in [5.41, 5.74) is 3.73. The van der Waals surface area contributed by atoms with Crippen molar-refractivity contribution in [2.75, 3.05) is 13.7 Å². The van der Waals surface area contributed by atoms with Gasteiger partial charge in [0.15, 0.2) is 0 Å². The number of ether oxygens (including phenoxy) is 1. The van der Waals surface area contributed by atoms with Crippen molar-refractivity contribution in [3.05, 3.63) is 71.3 Å². The minimum absolute atomic E-state index is 0.0340. The molecule has 0 aliphatic rings. The van der Waals surface area contributed by atoms with Crippen molar-refractivity contribution in [1.82, 2.24) is 5.32 Å². The second-order valence-electron chi connectivity index (χ2n) is 7.04. The molecule has 0 aliphatic heterocycles. The number of rotatable bonds is 9. The Labute approximate surface area is 161 Å². The molecule has 140 valence electrons. The van der Waals surface area contributed by atoms with Gasteiger partial charge in [0.25, 0.3) is 0 Å². The van der Waals surface area contributed by atoms with E-state index in [0.29, 0.717) is 6.61 Å². The highest BCUT2D eigenvalue weighted by Gasteiger charge is 2.30. The third-order valence-corrected chi connectivity index (χ3v) is 5.79. The standard InChI is InChI=1S/C22H29NO2S/c1-17-10-8-9-13-19(17)16-26-22(2,3)21(24)23-20(15-25-4)14-18-11-6-5-7-12-18/h5-13,20H,14-16H2,1-4H3,(H,23,24)/t20-/m0/s1. The van der Waals surface area contributed by atoms with Gasteiger partial charge < -0.3 is 10.1 Å². The van der Waals surface area contributed by atoms with Crippen LogP contribution >= 0.6 is 11.8 Å².